The second-order valence-corrected chi connectivity index (χ2v) is 7.37. The van der Waals surface area contributed by atoms with Gasteiger partial charge < -0.3 is 26.2 Å². The zero-order valence-electron chi connectivity index (χ0n) is 17.4. The normalized spacial score (nSPS) is 11.6. The summed E-state index contributed by atoms with van der Waals surface area (Å²) in [6, 6.07) is 23.1. The van der Waals surface area contributed by atoms with Crippen LogP contribution in [-0.4, -0.2) is 36.3 Å². The number of aromatic hydroxyl groups is 1. The van der Waals surface area contributed by atoms with Crippen molar-refractivity contribution in [1.82, 2.24) is 5.32 Å². The first-order valence-corrected chi connectivity index (χ1v) is 10.4. The Bertz CT molecular complexity index is 946. The molecular formula is C25H29N3O3. The number of aliphatic hydroxyl groups is 1. The molecule has 1 unspecified atom stereocenters. The highest BCUT2D eigenvalue weighted by atomic mass is 16.3. The molecule has 0 spiro atoms. The summed E-state index contributed by atoms with van der Waals surface area (Å²) in [6.07, 6.45) is 1.74. The second-order valence-electron chi connectivity index (χ2n) is 7.37. The van der Waals surface area contributed by atoms with Gasteiger partial charge in [-0.3, -0.25) is 4.79 Å². The average Bonchev–Trinajstić information content (AvgIpc) is 2.81. The number of hydrogen-bond donors (Lipinski definition) is 5. The third-order valence-electron chi connectivity index (χ3n) is 5.09. The van der Waals surface area contributed by atoms with Gasteiger partial charge in [-0.1, -0.05) is 48.5 Å². The van der Waals surface area contributed by atoms with Crippen molar-refractivity contribution in [3.8, 4) is 5.75 Å². The van der Waals surface area contributed by atoms with Gasteiger partial charge in [-0.15, -0.1) is 0 Å². The van der Waals surface area contributed by atoms with Crippen LogP contribution in [0.25, 0.3) is 0 Å². The summed E-state index contributed by atoms with van der Waals surface area (Å²) in [5, 5.41) is 29.1. The Labute approximate surface area is 182 Å². The maximum absolute atomic E-state index is 10.6. The predicted molar refractivity (Wildman–Crippen MR) is 124 cm³/mol. The van der Waals surface area contributed by atoms with E-state index in [1.807, 2.05) is 48.5 Å². The third kappa shape index (κ3) is 7.13. The third-order valence-corrected chi connectivity index (χ3v) is 5.09. The van der Waals surface area contributed by atoms with E-state index in [4.69, 9.17) is 0 Å². The lowest BCUT2D eigenvalue weighted by Gasteiger charge is -2.13. The summed E-state index contributed by atoms with van der Waals surface area (Å²) >= 11 is 0. The molecule has 0 fully saturated rings. The molecule has 0 heterocycles. The topological polar surface area (TPSA) is 93.6 Å². The number of carbonyl (C=O) groups excluding carboxylic acids is 1. The first kappa shape index (κ1) is 22.3. The van der Waals surface area contributed by atoms with Crippen LogP contribution in [-0.2, 0) is 17.6 Å². The van der Waals surface area contributed by atoms with Gasteiger partial charge in [0.15, 0.2) is 0 Å². The average molecular weight is 420 g/mol. The predicted octanol–water partition coefficient (Wildman–Crippen LogP) is 3.48. The van der Waals surface area contributed by atoms with Crippen LogP contribution in [0.4, 0.5) is 11.4 Å². The molecule has 6 heteroatoms. The van der Waals surface area contributed by atoms with Crippen LogP contribution in [0, 0.1) is 0 Å². The number of benzene rings is 3. The number of aliphatic hydroxyl groups excluding tert-OH is 1. The molecule has 1 atom stereocenters. The Morgan fingerprint density at radius 3 is 2.26 bits per heavy atom. The number of nitrogens with one attached hydrogen (secondary N) is 3. The molecule has 3 aromatic carbocycles. The van der Waals surface area contributed by atoms with E-state index < -0.39 is 6.10 Å². The van der Waals surface area contributed by atoms with E-state index in [2.05, 4.69) is 28.1 Å². The fourth-order valence-electron chi connectivity index (χ4n) is 3.31. The molecule has 0 bridgehead atoms. The summed E-state index contributed by atoms with van der Waals surface area (Å²) in [4.78, 5) is 10.6. The van der Waals surface area contributed by atoms with E-state index in [0.29, 0.717) is 18.6 Å². The van der Waals surface area contributed by atoms with Crippen molar-refractivity contribution < 1.29 is 15.0 Å². The van der Waals surface area contributed by atoms with E-state index in [1.165, 1.54) is 5.56 Å². The molecule has 0 radical (unpaired) electrons. The van der Waals surface area contributed by atoms with E-state index in [-0.39, 0.29) is 5.75 Å². The number of anilines is 2. The first-order chi connectivity index (χ1) is 15.2. The summed E-state index contributed by atoms with van der Waals surface area (Å²) in [6.45, 7) is 2.13. The molecule has 0 aliphatic heterocycles. The van der Waals surface area contributed by atoms with Gasteiger partial charge in [-0.25, -0.2) is 0 Å². The number of rotatable bonds is 12. The van der Waals surface area contributed by atoms with Crippen molar-refractivity contribution in [2.75, 3.05) is 30.3 Å². The van der Waals surface area contributed by atoms with Crippen molar-refractivity contribution in [3.63, 3.8) is 0 Å². The number of hydrogen-bond acceptors (Lipinski definition) is 5. The van der Waals surface area contributed by atoms with Crippen LogP contribution < -0.4 is 16.0 Å². The van der Waals surface area contributed by atoms with Crippen LogP contribution in [0.1, 0.15) is 22.8 Å². The number of phenolic OH excluding ortho intramolecular Hbond substituents is 1. The molecule has 5 N–H and O–H groups in total. The number of amides is 1. The smallest absolute Gasteiger partial charge is 0.211 e. The quantitative estimate of drug-likeness (QED) is 0.176. The van der Waals surface area contributed by atoms with Gasteiger partial charge in [-0.05, 0) is 66.9 Å². The van der Waals surface area contributed by atoms with E-state index in [1.54, 1.807) is 12.1 Å². The van der Waals surface area contributed by atoms with Crippen molar-refractivity contribution >= 4 is 17.8 Å². The molecule has 3 aromatic rings. The Kier molecular flexibility index (Phi) is 8.46. The molecule has 6 nitrogen and oxygen atoms in total. The maximum Gasteiger partial charge on any atom is 0.211 e. The standard InChI is InChI=1S/C25H29N3O3/c29-18-28-23-16-20(8-11-24(23)30)13-15-26-14-12-19-6-9-22(10-7-19)27-17-25(31)21-4-2-1-3-5-21/h1-11,16,18,25-27,30-31H,12-15,17H2,(H,28,29). The molecular weight excluding hydrogens is 390 g/mol. The minimum Gasteiger partial charge on any atom is -0.506 e. The molecule has 0 saturated heterocycles. The first-order valence-electron chi connectivity index (χ1n) is 10.4. The molecule has 31 heavy (non-hydrogen) atoms. The fourth-order valence-corrected chi connectivity index (χ4v) is 3.31. The Balaban J connectivity index is 1.36. The van der Waals surface area contributed by atoms with Crippen molar-refractivity contribution in [1.29, 1.82) is 0 Å². The summed E-state index contributed by atoms with van der Waals surface area (Å²) < 4.78 is 0. The van der Waals surface area contributed by atoms with Crippen LogP contribution in [0.2, 0.25) is 0 Å². The van der Waals surface area contributed by atoms with Gasteiger partial charge in [0.05, 0.1) is 11.8 Å². The van der Waals surface area contributed by atoms with E-state index in [9.17, 15) is 15.0 Å². The van der Waals surface area contributed by atoms with Gasteiger partial charge >= 0.3 is 0 Å². The fraction of sp³-hybridized carbons (Fsp3) is 0.240. The molecule has 1 amide bonds. The van der Waals surface area contributed by atoms with Crippen molar-refractivity contribution in [3.05, 3.63) is 89.5 Å². The molecule has 0 aliphatic rings. The lowest BCUT2D eigenvalue weighted by Crippen LogP contribution is -2.20. The van der Waals surface area contributed by atoms with Gasteiger partial charge in [0, 0.05) is 12.2 Å². The van der Waals surface area contributed by atoms with Gasteiger partial charge in [0.25, 0.3) is 0 Å². The number of carbonyl (C=O) groups is 1. The molecule has 0 aliphatic carbocycles. The number of phenols is 1. The molecule has 3 rings (SSSR count). The zero-order chi connectivity index (χ0) is 21.9. The van der Waals surface area contributed by atoms with Crippen molar-refractivity contribution in [2.45, 2.75) is 18.9 Å². The lowest BCUT2D eigenvalue weighted by molar-refractivity contribution is -0.105. The molecule has 162 valence electrons. The Morgan fingerprint density at radius 1 is 0.871 bits per heavy atom. The summed E-state index contributed by atoms with van der Waals surface area (Å²) in [5.41, 5.74) is 4.60. The monoisotopic (exact) mass is 419 g/mol. The molecule has 0 aromatic heterocycles. The summed E-state index contributed by atoms with van der Waals surface area (Å²) in [7, 11) is 0. The lowest BCUT2D eigenvalue weighted by atomic mass is 10.1. The van der Waals surface area contributed by atoms with Crippen LogP contribution in [0.15, 0.2) is 72.8 Å². The summed E-state index contributed by atoms with van der Waals surface area (Å²) in [5.74, 6) is 0.0660. The van der Waals surface area contributed by atoms with E-state index in [0.717, 1.165) is 42.7 Å². The Morgan fingerprint density at radius 2 is 1.55 bits per heavy atom. The van der Waals surface area contributed by atoms with Gasteiger partial charge in [-0.2, -0.15) is 0 Å². The SMILES string of the molecule is O=CNc1cc(CCNCCc2ccc(NCC(O)c3ccccc3)cc2)ccc1O. The van der Waals surface area contributed by atoms with Gasteiger partial charge in [0.1, 0.15) is 5.75 Å². The second kappa shape index (κ2) is 11.7. The van der Waals surface area contributed by atoms with Crippen molar-refractivity contribution in [2.24, 2.45) is 0 Å². The highest BCUT2D eigenvalue weighted by Gasteiger charge is 2.06. The minimum absolute atomic E-state index is 0.0660. The van der Waals surface area contributed by atoms with Crippen LogP contribution in [0.3, 0.4) is 0 Å². The minimum atomic E-state index is -0.538. The largest absolute Gasteiger partial charge is 0.506 e. The zero-order valence-corrected chi connectivity index (χ0v) is 17.4. The van der Waals surface area contributed by atoms with Crippen LogP contribution >= 0.6 is 0 Å². The highest BCUT2D eigenvalue weighted by molar-refractivity contribution is 5.75. The molecule has 0 saturated carbocycles. The highest BCUT2D eigenvalue weighted by Crippen LogP contribution is 2.23. The van der Waals surface area contributed by atoms with Gasteiger partial charge in [0.2, 0.25) is 6.41 Å². The maximum atomic E-state index is 10.6. The Hall–Kier alpha value is -3.35. The van der Waals surface area contributed by atoms with E-state index >= 15 is 0 Å². The van der Waals surface area contributed by atoms with Crippen LogP contribution in [0.5, 0.6) is 5.75 Å².